The first-order valence-corrected chi connectivity index (χ1v) is 5.07. The van der Waals surface area contributed by atoms with Gasteiger partial charge in [-0.15, -0.1) is 0 Å². The van der Waals surface area contributed by atoms with Crippen LogP contribution in [-0.4, -0.2) is 20.2 Å². The third kappa shape index (κ3) is 3.64. The summed E-state index contributed by atoms with van der Waals surface area (Å²) in [7, 11) is 3.00. The molecule has 1 aromatic carbocycles. The van der Waals surface area contributed by atoms with Crippen LogP contribution in [-0.2, 0) is 20.9 Å². The molecule has 0 spiro atoms. The summed E-state index contributed by atoms with van der Waals surface area (Å²) in [5.74, 6) is -0.301. The quantitative estimate of drug-likeness (QED) is 0.766. The largest absolute Gasteiger partial charge is 0.469 e. The Morgan fingerprint density at radius 2 is 2.19 bits per heavy atom. The summed E-state index contributed by atoms with van der Waals surface area (Å²) in [6.07, 6.45) is 0.187. The van der Waals surface area contributed by atoms with Gasteiger partial charge in [-0.25, -0.2) is 0 Å². The number of methoxy groups -OCH3 is 2. The van der Waals surface area contributed by atoms with Crippen molar-refractivity contribution in [2.45, 2.75) is 19.1 Å². The minimum absolute atomic E-state index is 0.187. The lowest BCUT2D eigenvalue weighted by atomic mass is 10.0. The Morgan fingerprint density at radius 3 is 2.81 bits per heavy atom. The number of rotatable bonds is 5. The van der Waals surface area contributed by atoms with E-state index in [1.807, 2.05) is 24.3 Å². The highest BCUT2D eigenvalue weighted by molar-refractivity contribution is 5.70. The van der Waals surface area contributed by atoms with E-state index < -0.39 is 0 Å². The molecule has 0 bridgehead atoms. The molecule has 0 heterocycles. The maximum Gasteiger partial charge on any atom is 0.307 e. The predicted molar refractivity (Wildman–Crippen MR) is 60.7 cm³/mol. The first-order valence-electron chi connectivity index (χ1n) is 5.07. The lowest BCUT2D eigenvalue weighted by Crippen LogP contribution is -2.16. The Kier molecular flexibility index (Phi) is 4.95. The molecule has 0 aliphatic carbocycles. The van der Waals surface area contributed by atoms with Gasteiger partial charge in [0, 0.05) is 13.2 Å². The molecule has 88 valence electrons. The van der Waals surface area contributed by atoms with Crippen molar-refractivity contribution >= 4 is 5.97 Å². The maximum absolute atomic E-state index is 11.1. The monoisotopic (exact) mass is 223 g/mol. The molecule has 0 radical (unpaired) electrons. The summed E-state index contributed by atoms with van der Waals surface area (Å²) in [4.78, 5) is 11.1. The van der Waals surface area contributed by atoms with Gasteiger partial charge in [0.2, 0.25) is 0 Å². The SMILES string of the molecule is COCc1cccc(C(N)CC(=O)OC)c1. The molecule has 0 aliphatic rings. The molecule has 0 amide bonds. The molecule has 2 N–H and O–H groups in total. The molecule has 1 aromatic rings. The number of ether oxygens (including phenoxy) is 2. The molecule has 0 fully saturated rings. The minimum Gasteiger partial charge on any atom is -0.469 e. The number of nitrogens with two attached hydrogens (primary N) is 1. The average Bonchev–Trinajstić information content (AvgIpc) is 2.29. The van der Waals surface area contributed by atoms with Crippen LogP contribution in [0.25, 0.3) is 0 Å². The van der Waals surface area contributed by atoms with E-state index in [4.69, 9.17) is 10.5 Å². The van der Waals surface area contributed by atoms with Crippen molar-refractivity contribution in [3.05, 3.63) is 35.4 Å². The van der Waals surface area contributed by atoms with Crippen LogP contribution >= 0.6 is 0 Å². The van der Waals surface area contributed by atoms with Crippen LogP contribution in [0.4, 0.5) is 0 Å². The van der Waals surface area contributed by atoms with Gasteiger partial charge in [0.05, 0.1) is 20.1 Å². The summed E-state index contributed by atoms with van der Waals surface area (Å²) >= 11 is 0. The fraction of sp³-hybridized carbons (Fsp3) is 0.417. The zero-order valence-corrected chi connectivity index (χ0v) is 9.60. The molecule has 1 atom stereocenters. The summed E-state index contributed by atoms with van der Waals surface area (Å²) < 4.78 is 9.61. The van der Waals surface area contributed by atoms with Gasteiger partial charge in [-0.2, -0.15) is 0 Å². The van der Waals surface area contributed by atoms with E-state index in [0.29, 0.717) is 6.61 Å². The third-order valence-electron chi connectivity index (χ3n) is 2.30. The van der Waals surface area contributed by atoms with Crippen molar-refractivity contribution in [1.82, 2.24) is 0 Å². The van der Waals surface area contributed by atoms with E-state index in [-0.39, 0.29) is 18.4 Å². The van der Waals surface area contributed by atoms with Gasteiger partial charge in [0.1, 0.15) is 0 Å². The predicted octanol–water partition coefficient (Wildman–Crippen LogP) is 1.40. The second kappa shape index (κ2) is 6.25. The Balaban J connectivity index is 2.71. The lowest BCUT2D eigenvalue weighted by Gasteiger charge is -2.11. The fourth-order valence-corrected chi connectivity index (χ4v) is 1.46. The smallest absolute Gasteiger partial charge is 0.307 e. The van der Waals surface area contributed by atoms with E-state index >= 15 is 0 Å². The highest BCUT2D eigenvalue weighted by Gasteiger charge is 2.11. The summed E-state index contributed by atoms with van der Waals surface area (Å²) in [5.41, 5.74) is 7.85. The van der Waals surface area contributed by atoms with Crippen molar-refractivity contribution in [2.75, 3.05) is 14.2 Å². The Labute approximate surface area is 95.3 Å². The molecule has 0 saturated heterocycles. The Hall–Kier alpha value is -1.39. The van der Waals surface area contributed by atoms with Crippen molar-refractivity contribution in [1.29, 1.82) is 0 Å². The number of hydrogen-bond donors (Lipinski definition) is 1. The van der Waals surface area contributed by atoms with Gasteiger partial charge in [0.25, 0.3) is 0 Å². The fourth-order valence-electron chi connectivity index (χ4n) is 1.46. The van der Waals surface area contributed by atoms with Crippen LogP contribution < -0.4 is 5.73 Å². The van der Waals surface area contributed by atoms with Crippen LogP contribution in [0.2, 0.25) is 0 Å². The lowest BCUT2D eigenvalue weighted by molar-refractivity contribution is -0.141. The van der Waals surface area contributed by atoms with Crippen molar-refractivity contribution in [3.63, 3.8) is 0 Å². The van der Waals surface area contributed by atoms with E-state index in [1.165, 1.54) is 7.11 Å². The first kappa shape index (κ1) is 12.7. The van der Waals surface area contributed by atoms with Crippen molar-refractivity contribution in [2.24, 2.45) is 5.73 Å². The van der Waals surface area contributed by atoms with Gasteiger partial charge < -0.3 is 15.2 Å². The standard InChI is InChI=1S/C12H17NO3/c1-15-8-9-4-3-5-10(6-9)11(13)7-12(14)16-2/h3-6,11H,7-8,13H2,1-2H3. The van der Waals surface area contributed by atoms with Crippen LogP contribution in [0.5, 0.6) is 0 Å². The molecule has 1 rings (SSSR count). The normalized spacial score (nSPS) is 12.2. The van der Waals surface area contributed by atoms with E-state index in [9.17, 15) is 4.79 Å². The first-order chi connectivity index (χ1) is 7.67. The number of carbonyl (C=O) groups is 1. The van der Waals surface area contributed by atoms with Gasteiger partial charge in [0.15, 0.2) is 0 Å². The summed E-state index contributed by atoms with van der Waals surface area (Å²) in [5, 5.41) is 0. The zero-order valence-electron chi connectivity index (χ0n) is 9.60. The minimum atomic E-state index is -0.329. The maximum atomic E-state index is 11.1. The Bertz CT molecular complexity index is 352. The topological polar surface area (TPSA) is 61.5 Å². The van der Waals surface area contributed by atoms with Gasteiger partial charge in [-0.3, -0.25) is 4.79 Å². The molecule has 4 nitrogen and oxygen atoms in total. The molecule has 0 aromatic heterocycles. The number of esters is 1. The summed E-state index contributed by atoms with van der Waals surface area (Å²) in [6, 6.07) is 7.37. The van der Waals surface area contributed by atoms with Gasteiger partial charge in [-0.05, 0) is 11.1 Å². The molecule has 1 unspecified atom stereocenters. The second-order valence-electron chi connectivity index (χ2n) is 3.56. The molecule has 4 heteroatoms. The van der Waals surface area contributed by atoms with Crippen molar-refractivity contribution < 1.29 is 14.3 Å². The molecular weight excluding hydrogens is 206 g/mol. The highest BCUT2D eigenvalue weighted by atomic mass is 16.5. The van der Waals surface area contributed by atoms with E-state index in [2.05, 4.69) is 4.74 Å². The van der Waals surface area contributed by atoms with Gasteiger partial charge >= 0.3 is 5.97 Å². The van der Waals surface area contributed by atoms with E-state index in [1.54, 1.807) is 7.11 Å². The third-order valence-corrected chi connectivity index (χ3v) is 2.30. The van der Waals surface area contributed by atoms with Crippen LogP contribution in [0.1, 0.15) is 23.6 Å². The molecular formula is C12H17NO3. The zero-order chi connectivity index (χ0) is 12.0. The molecule has 0 saturated carbocycles. The number of carbonyl (C=O) groups excluding carboxylic acids is 1. The van der Waals surface area contributed by atoms with E-state index in [0.717, 1.165) is 11.1 Å². The average molecular weight is 223 g/mol. The second-order valence-corrected chi connectivity index (χ2v) is 3.56. The van der Waals surface area contributed by atoms with Crippen LogP contribution in [0, 0.1) is 0 Å². The Morgan fingerprint density at radius 1 is 1.44 bits per heavy atom. The highest BCUT2D eigenvalue weighted by Crippen LogP contribution is 2.16. The number of benzene rings is 1. The molecule has 0 aliphatic heterocycles. The number of hydrogen-bond acceptors (Lipinski definition) is 4. The van der Waals surface area contributed by atoms with Crippen molar-refractivity contribution in [3.8, 4) is 0 Å². The summed E-state index contributed by atoms with van der Waals surface area (Å²) in [6.45, 7) is 0.540. The van der Waals surface area contributed by atoms with Crippen LogP contribution in [0.15, 0.2) is 24.3 Å². The molecule has 16 heavy (non-hydrogen) atoms. The van der Waals surface area contributed by atoms with Gasteiger partial charge in [-0.1, -0.05) is 24.3 Å². The van der Waals surface area contributed by atoms with Crippen LogP contribution in [0.3, 0.4) is 0 Å².